The van der Waals surface area contributed by atoms with Crippen molar-refractivity contribution in [2.24, 2.45) is 5.92 Å². The summed E-state index contributed by atoms with van der Waals surface area (Å²) >= 11 is 1.44. The number of amides is 1. The molecular formula is C16H17N3OS. The van der Waals surface area contributed by atoms with E-state index in [0.717, 1.165) is 21.7 Å². The van der Waals surface area contributed by atoms with Gasteiger partial charge in [-0.2, -0.15) is 0 Å². The van der Waals surface area contributed by atoms with Crippen LogP contribution in [0.25, 0.3) is 11.0 Å². The first-order valence-electron chi connectivity index (χ1n) is 6.94. The van der Waals surface area contributed by atoms with Gasteiger partial charge >= 0.3 is 0 Å². The van der Waals surface area contributed by atoms with Crippen molar-refractivity contribution in [3.8, 4) is 0 Å². The minimum absolute atomic E-state index is 0.0517. The number of aromatic nitrogens is 2. The molecule has 0 spiro atoms. The number of hydrogen-bond acceptors (Lipinski definition) is 3. The van der Waals surface area contributed by atoms with Gasteiger partial charge in [0.05, 0.1) is 22.0 Å². The number of thiophene rings is 1. The van der Waals surface area contributed by atoms with Crippen molar-refractivity contribution in [3.05, 3.63) is 52.5 Å². The number of benzene rings is 1. The van der Waals surface area contributed by atoms with E-state index in [2.05, 4.69) is 29.1 Å². The Kier molecular flexibility index (Phi) is 3.75. The van der Waals surface area contributed by atoms with E-state index in [1.807, 2.05) is 41.8 Å². The highest BCUT2D eigenvalue weighted by Crippen LogP contribution is 2.23. The van der Waals surface area contributed by atoms with Crippen LogP contribution in [-0.2, 0) is 0 Å². The third kappa shape index (κ3) is 2.83. The summed E-state index contributed by atoms with van der Waals surface area (Å²) in [6.07, 6.45) is 0. The third-order valence-corrected chi connectivity index (χ3v) is 4.27. The predicted molar refractivity (Wildman–Crippen MR) is 85.5 cm³/mol. The first-order chi connectivity index (χ1) is 10.1. The highest BCUT2D eigenvalue weighted by Gasteiger charge is 2.22. The number of rotatable bonds is 4. The second kappa shape index (κ2) is 5.69. The van der Waals surface area contributed by atoms with Gasteiger partial charge < -0.3 is 10.3 Å². The smallest absolute Gasteiger partial charge is 0.261 e. The molecule has 0 bridgehead atoms. The lowest BCUT2D eigenvalue weighted by Gasteiger charge is -2.19. The molecule has 2 heterocycles. The third-order valence-electron chi connectivity index (χ3n) is 3.40. The van der Waals surface area contributed by atoms with Gasteiger partial charge in [0.15, 0.2) is 0 Å². The Morgan fingerprint density at radius 1 is 1.24 bits per heavy atom. The van der Waals surface area contributed by atoms with Crippen molar-refractivity contribution in [2.45, 2.75) is 19.9 Å². The highest BCUT2D eigenvalue weighted by molar-refractivity contribution is 7.12. The lowest BCUT2D eigenvalue weighted by molar-refractivity contribution is 0.0927. The molecule has 0 saturated carbocycles. The zero-order valence-electron chi connectivity index (χ0n) is 12.0. The fraction of sp³-hybridized carbons (Fsp3) is 0.250. The lowest BCUT2D eigenvalue weighted by Crippen LogP contribution is -2.32. The second-order valence-corrected chi connectivity index (χ2v) is 6.26. The molecule has 5 heteroatoms. The average Bonchev–Trinajstić information content (AvgIpc) is 3.12. The van der Waals surface area contributed by atoms with Crippen LogP contribution in [0.5, 0.6) is 0 Å². The molecule has 0 unspecified atom stereocenters. The summed E-state index contributed by atoms with van der Waals surface area (Å²) in [5.41, 5.74) is 1.91. The fourth-order valence-electron chi connectivity index (χ4n) is 2.29. The zero-order chi connectivity index (χ0) is 14.8. The second-order valence-electron chi connectivity index (χ2n) is 5.31. The van der Waals surface area contributed by atoms with Gasteiger partial charge in [-0.25, -0.2) is 4.98 Å². The van der Waals surface area contributed by atoms with E-state index in [4.69, 9.17) is 0 Å². The molecule has 0 aliphatic carbocycles. The number of para-hydroxylation sites is 2. The molecular weight excluding hydrogens is 282 g/mol. The number of H-pyrrole nitrogens is 1. The van der Waals surface area contributed by atoms with Crippen LogP contribution in [0.4, 0.5) is 0 Å². The van der Waals surface area contributed by atoms with Crippen LogP contribution in [0.15, 0.2) is 41.8 Å². The van der Waals surface area contributed by atoms with Gasteiger partial charge in [-0.05, 0) is 29.5 Å². The average molecular weight is 299 g/mol. The maximum absolute atomic E-state index is 12.3. The summed E-state index contributed by atoms with van der Waals surface area (Å²) in [7, 11) is 0. The van der Waals surface area contributed by atoms with Crippen LogP contribution in [0.1, 0.15) is 35.4 Å². The van der Waals surface area contributed by atoms with Crippen molar-refractivity contribution >= 4 is 28.3 Å². The van der Waals surface area contributed by atoms with Gasteiger partial charge in [-0.15, -0.1) is 11.3 Å². The number of imidazole rings is 1. The summed E-state index contributed by atoms with van der Waals surface area (Å²) in [4.78, 5) is 20.9. The van der Waals surface area contributed by atoms with Gasteiger partial charge in [0.25, 0.3) is 5.91 Å². The number of aromatic amines is 1. The molecule has 2 N–H and O–H groups in total. The summed E-state index contributed by atoms with van der Waals surface area (Å²) in [5.74, 6) is 0.995. The van der Waals surface area contributed by atoms with Crippen molar-refractivity contribution in [1.82, 2.24) is 15.3 Å². The molecule has 0 fully saturated rings. The maximum Gasteiger partial charge on any atom is 0.261 e. The number of nitrogens with zero attached hydrogens (tertiary/aromatic N) is 1. The van der Waals surface area contributed by atoms with Gasteiger partial charge in [0, 0.05) is 0 Å². The molecule has 2 aromatic heterocycles. The van der Waals surface area contributed by atoms with Crippen molar-refractivity contribution in [3.63, 3.8) is 0 Å². The largest absolute Gasteiger partial charge is 0.341 e. The van der Waals surface area contributed by atoms with Crippen LogP contribution >= 0.6 is 11.3 Å². The van der Waals surface area contributed by atoms with Crippen molar-refractivity contribution < 1.29 is 4.79 Å². The molecule has 0 aliphatic heterocycles. The normalized spacial score (nSPS) is 12.7. The minimum Gasteiger partial charge on any atom is -0.341 e. The topological polar surface area (TPSA) is 57.8 Å². The molecule has 3 aromatic rings. The van der Waals surface area contributed by atoms with E-state index < -0.39 is 0 Å². The van der Waals surface area contributed by atoms with E-state index in [1.165, 1.54) is 11.3 Å². The molecule has 1 atom stereocenters. The number of fused-ring (bicyclic) bond motifs is 1. The van der Waals surface area contributed by atoms with Crippen molar-refractivity contribution in [1.29, 1.82) is 0 Å². The molecule has 0 saturated heterocycles. The minimum atomic E-state index is -0.132. The summed E-state index contributed by atoms with van der Waals surface area (Å²) in [6.45, 7) is 4.15. The molecule has 0 aliphatic rings. The Bertz CT molecular complexity index is 713. The van der Waals surface area contributed by atoms with Gasteiger partial charge in [0.2, 0.25) is 0 Å². The fourth-order valence-corrected chi connectivity index (χ4v) is 2.92. The zero-order valence-corrected chi connectivity index (χ0v) is 12.8. The summed E-state index contributed by atoms with van der Waals surface area (Å²) in [5, 5.41) is 4.98. The SMILES string of the molecule is CC(C)[C@H](NC(=O)c1cccs1)c1nc2ccccc2[nH]1. The number of carbonyl (C=O) groups excluding carboxylic acids is 1. The maximum atomic E-state index is 12.3. The van der Waals surface area contributed by atoms with E-state index >= 15 is 0 Å². The van der Waals surface area contributed by atoms with E-state index in [1.54, 1.807) is 0 Å². The Labute approximate surface area is 127 Å². The molecule has 21 heavy (non-hydrogen) atoms. The lowest BCUT2D eigenvalue weighted by atomic mass is 10.0. The monoisotopic (exact) mass is 299 g/mol. The molecule has 3 rings (SSSR count). The van der Waals surface area contributed by atoms with Crippen LogP contribution in [-0.4, -0.2) is 15.9 Å². The standard InChI is InChI=1S/C16H17N3OS/c1-10(2)14(19-16(20)13-8-5-9-21-13)15-17-11-6-3-4-7-12(11)18-15/h3-10,14H,1-2H3,(H,17,18)(H,19,20)/t14-/m0/s1. The first kappa shape index (κ1) is 13.8. The molecule has 1 aromatic carbocycles. The predicted octanol–water partition coefficient (Wildman–Crippen LogP) is 3.75. The van der Waals surface area contributed by atoms with Crippen LogP contribution in [0, 0.1) is 5.92 Å². The van der Waals surface area contributed by atoms with E-state index in [9.17, 15) is 4.79 Å². The molecule has 4 nitrogen and oxygen atoms in total. The Balaban J connectivity index is 1.89. The Morgan fingerprint density at radius 2 is 2.05 bits per heavy atom. The first-order valence-corrected chi connectivity index (χ1v) is 7.82. The number of nitrogens with one attached hydrogen (secondary N) is 2. The van der Waals surface area contributed by atoms with Gasteiger partial charge in [-0.1, -0.05) is 32.0 Å². The van der Waals surface area contributed by atoms with Crippen molar-refractivity contribution in [2.75, 3.05) is 0 Å². The molecule has 0 radical (unpaired) electrons. The van der Waals surface area contributed by atoms with Crippen LogP contribution < -0.4 is 5.32 Å². The quantitative estimate of drug-likeness (QED) is 0.771. The highest BCUT2D eigenvalue weighted by atomic mass is 32.1. The summed E-state index contributed by atoms with van der Waals surface area (Å²) in [6, 6.07) is 11.5. The van der Waals surface area contributed by atoms with Crippen LogP contribution in [0.3, 0.4) is 0 Å². The molecule has 1 amide bonds. The summed E-state index contributed by atoms with van der Waals surface area (Å²) < 4.78 is 0. The number of hydrogen-bond donors (Lipinski definition) is 2. The Morgan fingerprint density at radius 3 is 2.71 bits per heavy atom. The van der Waals surface area contributed by atoms with E-state index in [-0.39, 0.29) is 17.9 Å². The number of carbonyl (C=O) groups is 1. The van der Waals surface area contributed by atoms with Gasteiger partial charge in [0.1, 0.15) is 5.82 Å². The van der Waals surface area contributed by atoms with E-state index in [0.29, 0.717) is 0 Å². The molecule has 108 valence electrons. The van der Waals surface area contributed by atoms with Crippen LogP contribution in [0.2, 0.25) is 0 Å². The van der Waals surface area contributed by atoms with Gasteiger partial charge in [-0.3, -0.25) is 4.79 Å². The Hall–Kier alpha value is -2.14.